The number of rotatable bonds is 8. The van der Waals surface area contributed by atoms with Crippen LogP contribution in [0.1, 0.15) is 41.4 Å². The average molecular weight is 481 g/mol. The summed E-state index contributed by atoms with van der Waals surface area (Å²) in [6.45, 7) is 4.84. The molecule has 5 nitrogen and oxygen atoms in total. The first-order valence-corrected chi connectivity index (χ1v) is 12.7. The van der Waals surface area contributed by atoms with Crippen molar-refractivity contribution in [1.29, 1.82) is 0 Å². The van der Waals surface area contributed by atoms with Crippen molar-refractivity contribution in [1.82, 2.24) is 4.90 Å². The number of aryl methyl sites for hydroxylation is 1. The van der Waals surface area contributed by atoms with E-state index in [2.05, 4.69) is 48.2 Å². The monoisotopic (exact) mass is 480 g/mol. The highest BCUT2D eigenvalue weighted by Gasteiger charge is 2.31. The van der Waals surface area contributed by atoms with E-state index >= 15 is 0 Å². The number of carbonyl (C=O) groups is 1. The van der Waals surface area contributed by atoms with Crippen molar-refractivity contribution in [3.8, 4) is 11.5 Å². The highest BCUT2D eigenvalue weighted by molar-refractivity contribution is 6.04. The lowest BCUT2D eigenvalue weighted by molar-refractivity contribution is 0.0931. The number of hydrogen-bond acceptors (Lipinski definition) is 4. The Labute approximate surface area is 212 Å². The lowest BCUT2D eigenvalue weighted by atomic mass is 10.0. The zero-order valence-corrected chi connectivity index (χ0v) is 20.7. The summed E-state index contributed by atoms with van der Waals surface area (Å²) < 4.78 is 11.5. The van der Waals surface area contributed by atoms with Gasteiger partial charge in [0.1, 0.15) is 11.5 Å². The summed E-state index contributed by atoms with van der Waals surface area (Å²) in [6, 6.07) is 30.1. The number of anilines is 1. The number of amides is 1. The van der Waals surface area contributed by atoms with Gasteiger partial charge in [-0.25, -0.2) is 0 Å². The van der Waals surface area contributed by atoms with Gasteiger partial charge >= 0.3 is 0 Å². The summed E-state index contributed by atoms with van der Waals surface area (Å²) in [4.78, 5) is 17.8. The van der Waals surface area contributed by atoms with E-state index in [1.54, 1.807) is 18.4 Å². The molecule has 1 aromatic heterocycles. The predicted octanol–water partition coefficient (Wildman–Crippen LogP) is 6.95. The molecule has 0 N–H and O–H groups in total. The van der Waals surface area contributed by atoms with Crippen molar-refractivity contribution in [2.75, 3.05) is 18.0 Å². The van der Waals surface area contributed by atoms with Gasteiger partial charge in [0.2, 0.25) is 0 Å². The molecule has 0 unspecified atom stereocenters. The second kappa shape index (κ2) is 11.3. The predicted molar refractivity (Wildman–Crippen MR) is 143 cm³/mol. The molecule has 184 valence electrons. The Balaban J connectivity index is 1.25. The Morgan fingerprint density at radius 2 is 1.64 bits per heavy atom. The van der Waals surface area contributed by atoms with Crippen LogP contribution < -0.4 is 9.64 Å². The fourth-order valence-corrected chi connectivity index (χ4v) is 4.83. The largest absolute Gasteiger partial charge is 0.459 e. The third kappa shape index (κ3) is 5.69. The van der Waals surface area contributed by atoms with E-state index < -0.39 is 0 Å². The molecule has 4 aromatic rings. The molecular formula is C31H32N2O3. The minimum atomic E-state index is -0.0755. The van der Waals surface area contributed by atoms with Gasteiger partial charge in [-0.3, -0.25) is 9.69 Å². The van der Waals surface area contributed by atoms with Gasteiger partial charge in [-0.05, 0) is 78.9 Å². The minimum absolute atomic E-state index is 0.0755. The maximum Gasteiger partial charge on any atom is 0.294 e. The third-order valence-corrected chi connectivity index (χ3v) is 6.78. The number of likely N-dealkylation sites (tertiary alicyclic amines) is 1. The van der Waals surface area contributed by atoms with Gasteiger partial charge in [0.25, 0.3) is 5.91 Å². The van der Waals surface area contributed by atoms with E-state index in [0.29, 0.717) is 5.76 Å². The molecule has 1 aliphatic heterocycles. The van der Waals surface area contributed by atoms with Crippen molar-refractivity contribution < 1.29 is 13.9 Å². The highest BCUT2D eigenvalue weighted by atomic mass is 16.5. The van der Waals surface area contributed by atoms with Gasteiger partial charge in [0.15, 0.2) is 5.76 Å². The lowest BCUT2D eigenvalue weighted by Crippen LogP contribution is -2.47. The average Bonchev–Trinajstić information content (AvgIpc) is 3.46. The molecule has 0 bridgehead atoms. The van der Waals surface area contributed by atoms with E-state index in [1.807, 2.05) is 47.4 Å². The molecule has 1 saturated heterocycles. The number of benzene rings is 3. The van der Waals surface area contributed by atoms with Crippen LogP contribution in [0.5, 0.6) is 11.5 Å². The van der Waals surface area contributed by atoms with Crippen molar-refractivity contribution in [3.63, 3.8) is 0 Å². The smallest absolute Gasteiger partial charge is 0.294 e. The van der Waals surface area contributed by atoms with Gasteiger partial charge in [0.05, 0.1) is 6.26 Å². The summed E-state index contributed by atoms with van der Waals surface area (Å²) in [6.07, 6.45) is 4.34. The van der Waals surface area contributed by atoms with Crippen LogP contribution in [0.3, 0.4) is 0 Å². The van der Waals surface area contributed by atoms with Crippen LogP contribution in [0.15, 0.2) is 102 Å². The van der Waals surface area contributed by atoms with E-state index in [4.69, 9.17) is 9.15 Å². The molecule has 5 rings (SSSR count). The fraction of sp³-hybridized carbons (Fsp3) is 0.258. The topological polar surface area (TPSA) is 45.9 Å². The van der Waals surface area contributed by atoms with Crippen LogP contribution in [0.4, 0.5) is 5.69 Å². The lowest BCUT2D eigenvalue weighted by Gasteiger charge is -2.38. The number of piperidine rings is 1. The van der Waals surface area contributed by atoms with Crippen LogP contribution in [-0.2, 0) is 13.0 Å². The standard InChI is InChI=1S/C31H32N2O3/c1-2-24-13-15-26(16-14-24)33(31(34)30-12-7-21-35-30)27-17-19-32(20-18-27)23-25-8-6-11-29(22-25)36-28-9-4-3-5-10-28/h3-16,21-22,27H,2,17-20,23H2,1H3. The normalized spacial score (nSPS) is 14.5. The SMILES string of the molecule is CCc1ccc(N(C(=O)c2ccco2)C2CCN(Cc3cccc(Oc4ccccc4)c3)CC2)cc1. The van der Waals surface area contributed by atoms with Gasteiger partial charge in [-0.2, -0.15) is 0 Å². The summed E-state index contributed by atoms with van der Waals surface area (Å²) in [5.74, 6) is 1.99. The number of carbonyl (C=O) groups excluding carboxylic acids is 1. The van der Waals surface area contributed by atoms with Gasteiger partial charge < -0.3 is 14.1 Å². The van der Waals surface area contributed by atoms with Gasteiger partial charge in [-0.1, -0.05) is 49.4 Å². The first-order chi connectivity index (χ1) is 17.7. The highest BCUT2D eigenvalue weighted by Crippen LogP contribution is 2.28. The molecule has 0 aliphatic carbocycles. The second-order valence-corrected chi connectivity index (χ2v) is 9.24. The van der Waals surface area contributed by atoms with Crippen LogP contribution >= 0.6 is 0 Å². The summed E-state index contributed by atoms with van der Waals surface area (Å²) in [7, 11) is 0. The van der Waals surface area contributed by atoms with E-state index in [0.717, 1.165) is 56.1 Å². The van der Waals surface area contributed by atoms with Crippen molar-refractivity contribution in [3.05, 3.63) is 114 Å². The molecule has 0 saturated carbocycles. The van der Waals surface area contributed by atoms with Crippen LogP contribution in [0.2, 0.25) is 0 Å². The maximum atomic E-state index is 13.4. The van der Waals surface area contributed by atoms with Gasteiger partial charge in [0, 0.05) is 31.4 Å². The molecular weight excluding hydrogens is 448 g/mol. The Kier molecular flexibility index (Phi) is 7.48. The molecule has 1 aliphatic rings. The maximum absolute atomic E-state index is 13.4. The zero-order valence-electron chi connectivity index (χ0n) is 20.7. The van der Waals surface area contributed by atoms with E-state index in [9.17, 15) is 4.79 Å². The number of para-hydroxylation sites is 1. The number of ether oxygens (including phenoxy) is 1. The first kappa shape index (κ1) is 23.9. The first-order valence-electron chi connectivity index (χ1n) is 12.7. The van der Waals surface area contributed by atoms with Crippen LogP contribution in [0, 0.1) is 0 Å². The molecule has 36 heavy (non-hydrogen) atoms. The molecule has 1 fully saturated rings. The Morgan fingerprint density at radius 1 is 0.889 bits per heavy atom. The van der Waals surface area contributed by atoms with E-state index in [-0.39, 0.29) is 11.9 Å². The van der Waals surface area contributed by atoms with Crippen LogP contribution in [0.25, 0.3) is 0 Å². The molecule has 0 radical (unpaired) electrons. The Hall–Kier alpha value is -3.83. The minimum Gasteiger partial charge on any atom is -0.459 e. The Morgan fingerprint density at radius 3 is 2.33 bits per heavy atom. The third-order valence-electron chi connectivity index (χ3n) is 6.78. The number of furan rings is 1. The van der Waals surface area contributed by atoms with Crippen molar-refractivity contribution in [2.45, 2.75) is 38.8 Å². The number of nitrogens with zero attached hydrogens (tertiary/aromatic N) is 2. The summed E-state index contributed by atoms with van der Waals surface area (Å²) in [5, 5.41) is 0. The van der Waals surface area contributed by atoms with Gasteiger partial charge in [-0.15, -0.1) is 0 Å². The Bertz CT molecular complexity index is 1240. The van der Waals surface area contributed by atoms with Crippen molar-refractivity contribution >= 4 is 11.6 Å². The van der Waals surface area contributed by atoms with E-state index in [1.165, 1.54) is 11.1 Å². The summed E-state index contributed by atoms with van der Waals surface area (Å²) in [5.41, 5.74) is 3.41. The molecule has 3 aromatic carbocycles. The molecule has 0 spiro atoms. The summed E-state index contributed by atoms with van der Waals surface area (Å²) >= 11 is 0. The second-order valence-electron chi connectivity index (χ2n) is 9.24. The zero-order chi connectivity index (χ0) is 24.7. The fourth-order valence-electron chi connectivity index (χ4n) is 4.83. The molecule has 1 amide bonds. The molecule has 0 atom stereocenters. The van der Waals surface area contributed by atoms with Crippen molar-refractivity contribution in [2.24, 2.45) is 0 Å². The molecule has 2 heterocycles. The van der Waals surface area contributed by atoms with Crippen LogP contribution in [-0.4, -0.2) is 29.9 Å². The molecule has 5 heteroatoms. The quantitative estimate of drug-likeness (QED) is 0.274. The number of hydrogen-bond donors (Lipinski definition) is 0.